The standard InChI is InChI=1S/C10H13FN2O2/c1-2-15-10(14)13-12-7-8-3-5-9(11)6-4-8/h3-6,12H,2,7H2,1H3,(H,13,14). The number of carbonyl (C=O) groups is 1. The number of halogens is 1. The van der Waals surface area contributed by atoms with E-state index in [0.29, 0.717) is 13.2 Å². The summed E-state index contributed by atoms with van der Waals surface area (Å²) in [4.78, 5) is 10.8. The minimum Gasteiger partial charge on any atom is -0.449 e. The van der Waals surface area contributed by atoms with Gasteiger partial charge in [-0.25, -0.2) is 14.6 Å². The highest BCUT2D eigenvalue weighted by Crippen LogP contribution is 2.01. The van der Waals surface area contributed by atoms with Gasteiger partial charge in [-0.05, 0) is 24.6 Å². The maximum Gasteiger partial charge on any atom is 0.421 e. The van der Waals surface area contributed by atoms with Crippen LogP contribution in [-0.2, 0) is 11.3 Å². The fourth-order valence-corrected chi connectivity index (χ4v) is 0.988. The molecule has 1 aromatic carbocycles. The highest BCUT2D eigenvalue weighted by Gasteiger charge is 1.98. The number of nitrogens with one attached hydrogen (secondary N) is 2. The predicted octanol–water partition coefficient (Wildman–Crippen LogP) is 1.58. The molecule has 82 valence electrons. The zero-order valence-corrected chi connectivity index (χ0v) is 8.42. The monoisotopic (exact) mass is 212 g/mol. The van der Waals surface area contributed by atoms with Gasteiger partial charge in [-0.1, -0.05) is 12.1 Å². The van der Waals surface area contributed by atoms with Crippen molar-refractivity contribution in [2.75, 3.05) is 6.61 Å². The summed E-state index contributed by atoms with van der Waals surface area (Å²) in [6.07, 6.45) is -0.528. The Morgan fingerprint density at radius 3 is 2.67 bits per heavy atom. The first-order valence-corrected chi connectivity index (χ1v) is 4.62. The summed E-state index contributed by atoms with van der Waals surface area (Å²) in [6, 6.07) is 5.99. The van der Waals surface area contributed by atoms with Crippen LogP contribution in [0.1, 0.15) is 12.5 Å². The van der Waals surface area contributed by atoms with Gasteiger partial charge in [0.25, 0.3) is 0 Å². The summed E-state index contributed by atoms with van der Waals surface area (Å²) in [6.45, 7) is 2.46. The van der Waals surface area contributed by atoms with E-state index in [1.54, 1.807) is 19.1 Å². The fraction of sp³-hybridized carbons (Fsp3) is 0.300. The van der Waals surface area contributed by atoms with E-state index < -0.39 is 6.09 Å². The lowest BCUT2D eigenvalue weighted by Crippen LogP contribution is -2.37. The molecule has 1 rings (SSSR count). The van der Waals surface area contributed by atoms with Crippen LogP contribution in [0.3, 0.4) is 0 Å². The van der Waals surface area contributed by atoms with Crippen LogP contribution in [0, 0.1) is 5.82 Å². The van der Waals surface area contributed by atoms with E-state index in [4.69, 9.17) is 0 Å². The van der Waals surface area contributed by atoms with Gasteiger partial charge in [-0.2, -0.15) is 0 Å². The second-order valence-electron chi connectivity index (χ2n) is 2.83. The minimum atomic E-state index is -0.528. The van der Waals surface area contributed by atoms with E-state index in [0.717, 1.165) is 5.56 Å². The molecule has 15 heavy (non-hydrogen) atoms. The maximum absolute atomic E-state index is 12.5. The van der Waals surface area contributed by atoms with E-state index in [2.05, 4.69) is 15.6 Å². The lowest BCUT2D eigenvalue weighted by atomic mass is 10.2. The van der Waals surface area contributed by atoms with Crippen molar-refractivity contribution in [3.63, 3.8) is 0 Å². The highest BCUT2D eigenvalue weighted by atomic mass is 19.1. The largest absolute Gasteiger partial charge is 0.449 e. The number of hydrazine groups is 1. The van der Waals surface area contributed by atoms with Crippen LogP contribution in [0.15, 0.2) is 24.3 Å². The van der Waals surface area contributed by atoms with Crippen molar-refractivity contribution in [1.29, 1.82) is 0 Å². The van der Waals surface area contributed by atoms with Crippen LogP contribution < -0.4 is 10.9 Å². The molecule has 0 aliphatic rings. The molecule has 0 saturated carbocycles. The Morgan fingerprint density at radius 2 is 2.07 bits per heavy atom. The smallest absolute Gasteiger partial charge is 0.421 e. The molecule has 1 amide bonds. The summed E-state index contributed by atoms with van der Waals surface area (Å²) >= 11 is 0. The Kier molecular flexibility index (Phi) is 4.56. The van der Waals surface area contributed by atoms with Crippen LogP contribution in [-0.4, -0.2) is 12.7 Å². The topological polar surface area (TPSA) is 50.4 Å². The molecule has 0 radical (unpaired) electrons. The molecule has 5 heteroatoms. The second kappa shape index (κ2) is 5.98. The SMILES string of the molecule is CCOC(=O)NNCc1ccc(F)cc1. The van der Waals surface area contributed by atoms with Gasteiger partial charge >= 0.3 is 6.09 Å². The molecule has 0 atom stereocenters. The molecular formula is C10H13FN2O2. The molecule has 0 aromatic heterocycles. The summed E-state index contributed by atoms with van der Waals surface area (Å²) in [5, 5.41) is 0. The van der Waals surface area contributed by atoms with Gasteiger partial charge < -0.3 is 4.74 Å². The maximum atomic E-state index is 12.5. The summed E-state index contributed by atoms with van der Waals surface area (Å²) < 4.78 is 17.2. The Balaban J connectivity index is 2.26. The first-order chi connectivity index (χ1) is 7.22. The van der Waals surface area contributed by atoms with Gasteiger partial charge in [0, 0.05) is 6.54 Å². The van der Waals surface area contributed by atoms with Crippen LogP contribution in [0.25, 0.3) is 0 Å². The molecule has 0 aliphatic heterocycles. The molecule has 4 nitrogen and oxygen atoms in total. The van der Waals surface area contributed by atoms with E-state index >= 15 is 0 Å². The first-order valence-electron chi connectivity index (χ1n) is 4.62. The first kappa shape index (κ1) is 11.5. The lowest BCUT2D eigenvalue weighted by molar-refractivity contribution is 0.147. The fourth-order valence-electron chi connectivity index (χ4n) is 0.988. The third kappa shape index (κ3) is 4.42. The number of carbonyl (C=O) groups excluding carboxylic acids is 1. The van der Waals surface area contributed by atoms with Crippen molar-refractivity contribution in [2.24, 2.45) is 0 Å². The van der Waals surface area contributed by atoms with Crippen LogP contribution in [0.2, 0.25) is 0 Å². The van der Waals surface area contributed by atoms with Crippen molar-refractivity contribution >= 4 is 6.09 Å². The minimum absolute atomic E-state index is 0.280. The molecule has 1 aromatic rings. The zero-order valence-electron chi connectivity index (χ0n) is 8.42. The molecule has 0 unspecified atom stereocenters. The Morgan fingerprint density at radius 1 is 1.40 bits per heavy atom. The van der Waals surface area contributed by atoms with Gasteiger partial charge in [0.05, 0.1) is 6.61 Å². The zero-order chi connectivity index (χ0) is 11.1. The van der Waals surface area contributed by atoms with Crippen molar-refractivity contribution in [3.8, 4) is 0 Å². The van der Waals surface area contributed by atoms with Crippen molar-refractivity contribution in [2.45, 2.75) is 13.5 Å². The van der Waals surface area contributed by atoms with Gasteiger partial charge in [-0.15, -0.1) is 0 Å². The number of amides is 1. The lowest BCUT2D eigenvalue weighted by Gasteiger charge is -2.06. The van der Waals surface area contributed by atoms with E-state index in [1.807, 2.05) is 0 Å². The average molecular weight is 212 g/mol. The van der Waals surface area contributed by atoms with E-state index in [9.17, 15) is 9.18 Å². The van der Waals surface area contributed by atoms with Gasteiger partial charge in [0.15, 0.2) is 0 Å². The predicted molar refractivity (Wildman–Crippen MR) is 53.4 cm³/mol. The quantitative estimate of drug-likeness (QED) is 0.745. The highest BCUT2D eigenvalue weighted by molar-refractivity contribution is 5.66. The summed E-state index contributed by atoms with van der Waals surface area (Å²) in [5.41, 5.74) is 5.87. The Labute approximate surface area is 87.4 Å². The van der Waals surface area contributed by atoms with Gasteiger partial charge in [0.2, 0.25) is 0 Å². The van der Waals surface area contributed by atoms with Crippen LogP contribution in [0.5, 0.6) is 0 Å². The second-order valence-corrected chi connectivity index (χ2v) is 2.83. The number of rotatable bonds is 4. The summed E-state index contributed by atoms with van der Waals surface area (Å²) in [7, 11) is 0. The third-order valence-electron chi connectivity index (χ3n) is 1.67. The molecular weight excluding hydrogens is 199 g/mol. The van der Waals surface area contributed by atoms with Crippen molar-refractivity contribution in [1.82, 2.24) is 10.9 Å². The molecule has 0 spiro atoms. The molecule has 0 bridgehead atoms. The third-order valence-corrected chi connectivity index (χ3v) is 1.67. The van der Waals surface area contributed by atoms with E-state index in [1.165, 1.54) is 12.1 Å². The normalized spacial score (nSPS) is 9.73. The molecule has 0 heterocycles. The summed E-state index contributed by atoms with van der Waals surface area (Å²) in [5.74, 6) is -0.280. The van der Waals surface area contributed by atoms with Crippen molar-refractivity contribution < 1.29 is 13.9 Å². The number of hydrogen-bond acceptors (Lipinski definition) is 3. The van der Waals surface area contributed by atoms with Gasteiger partial charge in [0.1, 0.15) is 5.82 Å². The number of ether oxygens (including phenoxy) is 1. The van der Waals surface area contributed by atoms with E-state index in [-0.39, 0.29) is 5.82 Å². The van der Waals surface area contributed by atoms with Crippen LogP contribution >= 0.6 is 0 Å². The Bertz CT molecular complexity index is 314. The molecule has 0 fully saturated rings. The Hall–Kier alpha value is -1.62. The van der Waals surface area contributed by atoms with Gasteiger partial charge in [-0.3, -0.25) is 5.43 Å². The number of benzene rings is 1. The number of hydrogen-bond donors (Lipinski definition) is 2. The molecule has 0 aliphatic carbocycles. The average Bonchev–Trinajstić information content (AvgIpc) is 2.21. The molecule has 2 N–H and O–H groups in total. The van der Waals surface area contributed by atoms with Crippen molar-refractivity contribution in [3.05, 3.63) is 35.6 Å². The molecule has 0 saturated heterocycles. The van der Waals surface area contributed by atoms with Crippen LogP contribution in [0.4, 0.5) is 9.18 Å².